The van der Waals surface area contributed by atoms with E-state index in [1.165, 1.54) is 0 Å². The van der Waals surface area contributed by atoms with Crippen LogP contribution in [-0.2, 0) is 4.74 Å². The van der Waals surface area contributed by atoms with E-state index in [0.29, 0.717) is 11.5 Å². The van der Waals surface area contributed by atoms with Crippen LogP contribution in [-0.4, -0.2) is 29.1 Å². The first-order valence-electron chi connectivity index (χ1n) is 8.94. The maximum atomic E-state index is 12.9. The summed E-state index contributed by atoms with van der Waals surface area (Å²) in [5, 5.41) is 3.20. The number of nitrogens with one attached hydrogen (secondary N) is 1. The van der Waals surface area contributed by atoms with Gasteiger partial charge in [-0.2, -0.15) is 0 Å². The summed E-state index contributed by atoms with van der Waals surface area (Å²) >= 11 is 0. The number of nitrogens with zero attached hydrogens (tertiary/aromatic N) is 2. The highest BCUT2D eigenvalue weighted by molar-refractivity contribution is 5.97. The maximum Gasteiger partial charge on any atom is 0.251 e. The first kappa shape index (κ1) is 16.7. The van der Waals surface area contributed by atoms with E-state index < -0.39 is 0 Å². The van der Waals surface area contributed by atoms with Crippen LogP contribution in [0, 0.1) is 5.92 Å². The van der Waals surface area contributed by atoms with E-state index in [0.717, 1.165) is 42.7 Å². The molecule has 1 fully saturated rings. The number of hydrogen-bond donors (Lipinski definition) is 1. The van der Waals surface area contributed by atoms with Gasteiger partial charge in [0.2, 0.25) is 0 Å². The lowest BCUT2D eigenvalue weighted by atomic mass is 9.94. The molecule has 1 amide bonds. The lowest BCUT2D eigenvalue weighted by Crippen LogP contribution is -2.30. The van der Waals surface area contributed by atoms with Gasteiger partial charge in [0, 0.05) is 31.2 Å². The van der Waals surface area contributed by atoms with E-state index >= 15 is 0 Å². The number of fused-ring (bicyclic) bond motifs is 1. The molecule has 1 aromatic heterocycles. The Morgan fingerprint density at radius 1 is 1.12 bits per heavy atom. The predicted molar refractivity (Wildman–Crippen MR) is 99.7 cm³/mol. The molecule has 1 N–H and O–H groups in total. The third-order valence-corrected chi connectivity index (χ3v) is 4.83. The van der Waals surface area contributed by atoms with Gasteiger partial charge in [-0.3, -0.25) is 14.8 Å². The van der Waals surface area contributed by atoms with Gasteiger partial charge in [0.05, 0.1) is 17.1 Å². The number of carbonyl (C=O) groups is 1. The van der Waals surface area contributed by atoms with Crippen molar-refractivity contribution in [3.63, 3.8) is 0 Å². The summed E-state index contributed by atoms with van der Waals surface area (Å²) in [5.41, 5.74) is 3.22. The topological polar surface area (TPSA) is 64.1 Å². The summed E-state index contributed by atoms with van der Waals surface area (Å²) in [7, 11) is 0. The molecular formula is C21H21N3O2. The summed E-state index contributed by atoms with van der Waals surface area (Å²) in [6.45, 7) is 1.58. The zero-order valence-electron chi connectivity index (χ0n) is 14.5. The second-order valence-corrected chi connectivity index (χ2v) is 6.66. The number of hydrogen-bond acceptors (Lipinski definition) is 4. The Morgan fingerprint density at radius 2 is 1.92 bits per heavy atom. The molecule has 1 aliphatic rings. The molecule has 2 aromatic carbocycles. The third-order valence-electron chi connectivity index (χ3n) is 4.83. The highest BCUT2D eigenvalue weighted by atomic mass is 16.5. The van der Waals surface area contributed by atoms with Gasteiger partial charge in [-0.15, -0.1) is 0 Å². The summed E-state index contributed by atoms with van der Waals surface area (Å²) in [6, 6.07) is 15.5. The molecule has 0 saturated carbocycles. The van der Waals surface area contributed by atoms with Crippen LogP contribution in [0.25, 0.3) is 11.0 Å². The van der Waals surface area contributed by atoms with Gasteiger partial charge in [0.25, 0.3) is 5.91 Å². The Balaban J connectivity index is 1.56. The lowest BCUT2D eigenvalue weighted by Gasteiger charge is -2.22. The van der Waals surface area contributed by atoms with E-state index in [9.17, 15) is 4.79 Å². The van der Waals surface area contributed by atoms with Crippen LogP contribution >= 0.6 is 0 Å². The quantitative estimate of drug-likeness (QED) is 0.767. The molecule has 2 unspecified atom stereocenters. The van der Waals surface area contributed by atoms with E-state index in [1.807, 2.05) is 24.3 Å². The molecule has 5 nitrogen and oxygen atoms in total. The van der Waals surface area contributed by atoms with Crippen molar-refractivity contribution in [2.24, 2.45) is 5.92 Å². The Morgan fingerprint density at radius 3 is 2.69 bits per heavy atom. The zero-order valence-corrected chi connectivity index (χ0v) is 14.5. The summed E-state index contributed by atoms with van der Waals surface area (Å²) in [4.78, 5) is 21.4. The number of amides is 1. The molecule has 0 bridgehead atoms. The van der Waals surface area contributed by atoms with Crippen molar-refractivity contribution in [3.8, 4) is 0 Å². The average Bonchev–Trinajstić information content (AvgIpc) is 3.21. The predicted octanol–water partition coefficient (Wildman–Crippen LogP) is 3.53. The third kappa shape index (κ3) is 3.73. The molecular weight excluding hydrogens is 326 g/mol. The van der Waals surface area contributed by atoms with Crippen molar-refractivity contribution in [1.82, 2.24) is 15.3 Å². The SMILES string of the molecule is O=C(NC(CC1CCOC1)c1ccccc1)c1ccc2nccnc2c1. The lowest BCUT2D eigenvalue weighted by molar-refractivity contribution is 0.0929. The molecule has 2 heterocycles. The number of ether oxygens (including phenoxy) is 1. The fourth-order valence-electron chi connectivity index (χ4n) is 3.41. The Bertz CT molecular complexity index is 892. The molecule has 1 saturated heterocycles. The maximum absolute atomic E-state index is 12.9. The minimum Gasteiger partial charge on any atom is -0.381 e. The van der Waals surface area contributed by atoms with Crippen molar-refractivity contribution in [2.75, 3.05) is 13.2 Å². The Hall–Kier alpha value is -2.79. The van der Waals surface area contributed by atoms with E-state index in [2.05, 4.69) is 27.4 Å². The minimum absolute atomic E-state index is 0.0343. The minimum atomic E-state index is -0.0923. The van der Waals surface area contributed by atoms with Crippen molar-refractivity contribution in [2.45, 2.75) is 18.9 Å². The smallest absolute Gasteiger partial charge is 0.251 e. The molecule has 4 rings (SSSR count). The average molecular weight is 347 g/mol. The van der Waals surface area contributed by atoms with Crippen molar-refractivity contribution in [1.29, 1.82) is 0 Å². The van der Waals surface area contributed by atoms with Crippen LogP contribution in [0.15, 0.2) is 60.9 Å². The number of rotatable bonds is 5. The first-order valence-corrected chi connectivity index (χ1v) is 8.94. The van der Waals surface area contributed by atoms with Crippen LogP contribution in [0.5, 0.6) is 0 Å². The van der Waals surface area contributed by atoms with Crippen molar-refractivity contribution in [3.05, 3.63) is 72.1 Å². The molecule has 132 valence electrons. The monoisotopic (exact) mass is 347 g/mol. The molecule has 3 aromatic rings. The molecule has 5 heteroatoms. The van der Waals surface area contributed by atoms with Gasteiger partial charge in [-0.25, -0.2) is 0 Å². The van der Waals surface area contributed by atoms with Crippen LogP contribution in [0.2, 0.25) is 0 Å². The van der Waals surface area contributed by atoms with Gasteiger partial charge < -0.3 is 10.1 Å². The number of benzene rings is 2. The number of aromatic nitrogens is 2. The molecule has 0 spiro atoms. The largest absolute Gasteiger partial charge is 0.381 e. The van der Waals surface area contributed by atoms with E-state index in [4.69, 9.17) is 4.74 Å². The highest BCUT2D eigenvalue weighted by Crippen LogP contribution is 2.27. The van der Waals surface area contributed by atoms with Gasteiger partial charge in [-0.05, 0) is 42.5 Å². The second kappa shape index (κ2) is 7.62. The van der Waals surface area contributed by atoms with Crippen LogP contribution < -0.4 is 5.32 Å². The summed E-state index contributed by atoms with van der Waals surface area (Å²) in [5.74, 6) is 0.383. The Kier molecular flexibility index (Phi) is 4.88. The molecule has 2 atom stereocenters. The normalized spacial score (nSPS) is 17.9. The molecule has 0 aliphatic carbocycles. The second-order valence-electron chi connectivity index (χ2n) is 6.66. The van der Waals surface area contributed by atoms with Gasteiger partial charge >= 0.3 is 0 Å². The summed E-state index contributed by atoms with van der Waals surface area (Å²) in [6.07, 6.45) is 5.21. The van der Waals surface area contributed by atoms with E-state index in [1.54, 1.807) is 24.5 Å². The number of carbonyl (C=O) groups excluding carboxylic acids is 1. The van der Waals surface area contributed by atoms with Crippen LogP contribution in [0.3, 0.4) is 0 Å². The molecule has 26 heavy (non-hydrogen) atoms. The highest BCUT2D eigenvalue weighted by Gasteiger charge is 2.23. The zero-order chi connectivity index (χ0) is 17.8. The van der Waals surface area contributed by atoms with Crippen LogP contribution in [0.1, 0.15) is 34.8 Å². The van der Waals surface area contributed by atoms with Gasteiger partial charge in [0.15, 0.2) is 0 Å². The van der Waals surface area contributed by atoms with Crippen LogP contribution in [0.4, 0.5) is 0 Å². The fraction of sp³-hybridized carbons (Fsp3) is 0.286. The van der Waals surface area contributed by atoms with Crippen molar-refractivity contribution < 1.29 is 9.53 Å². The Labute approximate surface area is 152 Å². The fourth-order valence-corrected chi connectivity index (χ4v) is 3.41. The van der Waals surface area contributed by atoms with Gasteiger partial charge in [-0.1, -0.05) is 30.3 Å². The summed E-state index contributed by atoms with van der Waals surface area (Å²) < 4.78 is 5.50. The van der Waals surface area contributed by atoms with Crippen molar-refractivity contribution >= 4 is 16.9 Å². The molecule has 0 radical (unpaired) electrons. The molecule has 1 aliphatic heterocycles. The van der Waals surface area contributed by atoms with Gasteiger partial charge in [0.1, 0.15) is 0 Å². The first-order chi connectivity index (χ1) is 12.8. The van der Waals surface area contributed by atoms with E-state index in [-0.39, 0.29) is 11.9 Å². The standard InChI is InChI=1S/C21H21N3O2/c25-21(17-6-7-18-20(13-17)23-10-9-22-18)24-19(12-15-8-11-26-14-15)16-4-2-1-3-5-16/h1-7,9-10,13,15,19H,8,11-12,14H2,(H,24,25).